The number of rotatable bonds is 6. The molecule has 1 aliphatic heterocycles. The number of likely N-dealkylation sites (N-methyl/N-ethyl adjacent to an activating group) is 1. The van der Waals surface area contributed by atoms with E-state index in [-0.39, 0.29) is 6.61 Å². The van der Waals surface area contributed by atoms with Crippen molar-refractivity contribution in [3.63, 3.8) is 0 Å². The molecule has 0 bridgehead atoms. The van der Waals surface area contributed by atoms with E-state index >= 15 is 0 Å². The summed E-state index contributed by atoms with van der Waals surface area (Å²) in [6.45, 7) is 2.55. The summed E-state index contributed by atoms with van der Waals surface area (Å²) >= 11 is 0. The van der Waals surface area contributed by atoms with Gasteiger partial charge >= 0.3 is 5.97 Å². The number of carboxylic acid groups (broad SMARTS) is 1. The van der Waals surface area contributed by atoms with Crippen molar-refractivity contribution in [2.45, 2.75) is 18.9 Å². The summed E-state index contributed by atoms with van der Waals surface area (Å²) < 4.78 is 10.3. The van der Waals surface area contributed by atoms with Crippen LogP contribution in [0.3, 0.4) is 0 Å². The maximum Gasteiger partial charge on any atom is 0.323 e. The lowest BCUT2D eigenvalue weighted by Gasteiger charge is -2.30. The van der Waals surface area contributed by atoms with E-state index in [1.165, 1.54) is 7.11 Å². The van der Waals surface area contributed by atoms with Crippen molar-refractivity contribution in [3.8, 4) is 0 Å². The van der Waals surface area contributed by atoms with Gasteiger partial charge in [0.1, 0.15) is 6.04 Å². The molecule has 1 N–H and O–H groups in total. The number of methoxy groups -OCH3 is 1. The summed E-state index contributed by atoms with van der Waals surface area (Å²) in [7, 11) is 3.35. The first-order chi connectivity index (χ1) is 7.65. The van der Waals surface area contributed by atoms with E-state index in [2.05, 4.69) is 0 Å². The maximum atomic E-state index is 11.0. The van der Waals surface area contributed by atoms with Gasteiger partial charge in [0.05, 0.1) is 13.2 Å². The molecule has 0 spiro atoms. The molecule has 1 rings (SSSR count). The highest BCUT2D eigenvalue weighted by Gasteiger charge is 2.25. The fraction of sp³-hybridized carbons (Fsp3) is 0.909. The molecule has 1 saturated heterocycles. The minimum atomic E-state index is -0.832. The Morgan fingerprint density at radius 2 is 2.44 bits per heavy atom. The van der Waals surface area contributed by atoms with Gasteiger partial charge in [-0.15, -0.1) is 0 Å². The first-order valence-electron chi connectivity index (χ1n) is 5.65. The molecule has 5 nitrogen and oxygen atoms in total. The minimum absolute atomic E-state index is 0.222. The Morgan fingerprint density at radius 1 is 1.69 bits per heavy atom. The highest BCUT2D eigenvalue weighted by atomic mass is 16.5. The Morgan fingerprint density at radius 3 is 2.94 bits per heavy atom. The molecule has 1 heterocycles. The number of hydrogen-bond donors (Lipinski definition) is 1. The highest BCUT2D eigenvalue weighted by Crippen LogP contribution is 2.15. The zero-order chi connectivity index (χ0) is 12.0. The summed E-state index contributed by atoms with van der Waals surface area (Å²) in [6, 6.07) is -0.563. The zero-order valence-corrected chi connectivity index (χ0v) is 10.0. The van der Waals surface area contributed by atoms with Crippen LogP contribution in [0, 0.1) is 5.92 Å². The quantitative estimate of drug-likeness (QED) is 0.719. The third-order valence-electron chi connectivity index (χ3n) is 2.94. The molecule has 0 amide bonds. The lowest BCUT2D eigenvalue weighted by molar-refractivity contribution is -0.145. The summed E-state index contributed by atoms with van der Waals surface area (Å²) in [5.74, 6) is -0.390. The topological polar surface area (TPSA) is 59.0 Å². The van der Waals surface area contributed by atoms with Crippen LogP contribution >= 0.6 is 0 Å². The third-order valence-corrected chi connectivity index (χ3v) is 2.94. The van der Waals surface area contributed by atoms with Gasteiger partial charge < -0.3 is 14.6 Å². The van der Waals surface area contributed by atoms with Crippen LogP contribution in [0.5, 0.6) is 0 Å². The Hall–Kier alpha value is -0.650. The molecule has 0 saturated carbocycles. The van der Waals surface area contributed by atoms with Gasteiger partial charge in [-0.1, -0.05) is 0 Å². The van der Waals surface area contributed by atoms with Gasteiger partial charge in [0.25, 0.3) is 0 Å². The van der Waals surface area contributed by atoms with Crippen LogP contribution in [0.15, 0.2) is 0 Å². The standard InChI is InChI=1S/C11H21NO4/c1-12(10(8-15-2)11(13)14)6-9-4-3-5-16-7-9/h9-10H,3-8H2,1-2H3,(H,13,14). The molecule has 5 heteroatoms. The van der Waals surface area contributed by atoms with Gasteiger partial charge in [-0.3, -0.25) is 9.69 Å². The van der Waals surface area contributed by atoms with Gasteiger partial charge in [0.2, 0.25) is 0 Å². The van der Waals surface area contributed by atoms with Gasteiger partial charge in [-0.25, -0.2) is 0 Å². The van der Waals surface area contributed by atoms with Crippen molar-refractivity contribution in [2.24, 2.45) is 5.92 Å². The Bertz CT molecular complexity index is 216. The smallest absolute Gasteiger partial charge is 0.323 e. The van der Waals surface area contributed by atoms with Gasteiger partial charge in [-0.2, -0.15) is 0 Å². The van der Waals surface area contributed by atoms with Gasteiger partial charge in [-0.05, 0) is 25.8 Å². The van der Waals surface area contributed by atoms with Crippen molar-refractivity contribution < 1.29 is 19.4 Å². The lowest BCUT2D eigenvalue weighted by atomic mass is 10.0. The number of hydrogen-bond acceptors (Lipinski definition) is 4. The van der Waals surface area contributed by atoms with Gasteiger partial charge in [0.15, 0.2) is 0 Å². The van der Waals surface area contributed by atoms with E-state index < -0.39 is 12.0 Å². The van der Waals surface area contributed by atoms with Crippen molar-refractivity contribution in [1.29, 1.82) is 0 Å². The number of ether oxygens (including phenoxy) is 2. The van der Waals surface area contributed by atoms with Crippen LogP contribution in [0.25, 0.3) is 0 Å². The van der Waals surface area contributed by atoms with Gasteiger partial charge in [0, 0.05) is 20.3 Å². The lowest BCUT2D eigenvalue weighted by Crippen LogP contribution is -2.45. The number of nitrogens with zero attached hydrogens (tertiary/aromatic N) is 1. The Kier molecular flexibility index (Phi) is 5.73. The summed E-state index contributed by atoms with van der Waals surface area (Å²) in [5.41, 5.74) is 0. The molecule has 94 valence electrons. The second-order valence-corrected chi connectivity index (χ2v) is 4.33. The molecule has 2 unspecified atom stereocenters. The largest absolute Gasteiger partial charge is 0.480 e. The van der Waals surface area contributed by atoms with E-state index in [1.54, 1.807) is 0 Å². The molecule has 16 heavy (non-hydrogen) atoms. The number of carbonyl (C=O) groups is 1. The predicted octanol–water partition coefficient (Wildman–Crippen LogP) is 0.444. The molecule has 0 aromatic carbocycles. The third kappa shape index (κ3) is 4.08. The Labute approximate surface area is 96.3 Å². The first kappa shape index (κ1) is 13.4. The van der Waals surface area contributed by atoms with Crippen molar-refractivity contribution in [3.05, 3.63) is 0 Å². The molecule has 0 aromatic heterocycles. The van der Waals surface area contributed by atoms with Crippen LogP contribution in [0.1, 0.15) is 12.8 Å². The minimum Gasteiger partial charge on any atom is -0.480 e. The monoisotopic (exact) mass is 231 g/mol. The highest BCUT2D eigenvalue weighted by molar-refractivity contribution is 5.73. The van der Waals surface area contributed by atoms with Crippen LogP contribution in [-0.2, 0) is 14.3 Å². The molecular weight excluding hydrogens is 210 g/mol. The average molecular weight is 231 g/mol. The number of aliphatic carboxylic acids is 1. The maximum absolute atomic E-state index is 11.0. The predicted molar refractivity (Wildman–Crippen MR) is 59.5 cm³/mol. The van der Waals surface area contributed by atoms with E-state index in [0.29, 0.717) is 5.92 Å². The second-order valence-electron chi connectivity index (χ2n) is 4.33. The fourth-order valence-corrected chi connectivity index (χ4v) is 2.03. The van der Waals surface area contributed by atoms with E-state index in [1.807, 2.05) is 11.9 Å². The van der Waals surface area contributed by atoms with Crippen molar-refractivity contribution in [2.75, 3.05) is 40.5 Å². The van der Waals surface area contributed by atoms with Crippen LogP contribution in [-0.4, -0.2) is 62.5 Å². The van der Waals surface area contributed by atoms with Crippen molar-refractivity contribution >= 4 is 5.97 Å². The van der Waals surface area contributed by atoms with Crippen LogP contribution in [0.4, 0.5) is 0 Å². The fourth-order valence-electron chi connectivity index (χ4n) is 2.03. The van der Waals surface area contributed by atoms with Crippen molar-refractivity contribution in [1.82, 2.24) is 4.90 Å². The Balaban J connectivity index is 2.40. The first-order valence-corrected chi connectivity index (χ1v) is 5.65. The average Bonchev–Trinajstić information content (AvgIpc) is 2.26. The molecule has 1 fully saturated rings. The second kappa shape index (κ2) is 6.83. The summed E-state index contributed by atoms with van der Waals surface area (Å²) in [4.78, 5) is 12.9. The molecule has 0 radical (unpaired) electrons. The molecule has 0 aliphatic carbocycles. The molecule has 2 atom stereocenters. The normalized spacial score (nSPS) is 23.3. The summed E-state index contributed by atoms with van der Waals surface area (Å²) in [5, 5.41) is 9.05. The van der Waals surface area contributed by atoms with E-state index in [9.17, 15) is 4.79 Å². The van der Waals surface area contributed by atoms with E-state index in [4.69, 9.17) is 14.6 Å². The zero-order valence-electron chi connectivity index (χ0n) is 10.0. The van der Waals surface area contributed by atoms with Crippen LogP contribution in [0.2, 0.25) is 0 Å². The summed E-state index contributed by atoms with van der Waals surface area (Å²) in [6.07, 6.45) is 2.18. The molecule has 0 aromatic rings. The molecular formula is C11H21NO4. The molecule has 1 aliphatic rings. The number of carboxylic acids is 1. The van der Waals surface area contributed by atoms with E-state index in [0.717, 1.165) is 32.6 Å². The SMILES string of the molecule is COCC(C(=O)O)N(C)CC1CCCOC1. The van der Waals surface area contributed by atoms with Crippen LogP contribution < -0.4 is 0 Å².